The number of rotatable bonds is 8. The molecule has 3 rings (SSSR count). The number of halogens is 1. The molecule has 1 aromatic carbocycles. The topological polar surface area (TPSA) is 85.8 Å². The second-order valence-electron chi connectivity index (χ2n) is 5.87. The van der Waals surface area contributed by atoms with Crippen molar-refractivity contribution in [2.45, 2.75) is 39.2 Å². The standard InChI is InChI=1S/C18H20ClN5O2/c1-2-5-15-21-18(26-23-15)9-8-17(25)22-16-10-11-20-24(16)12-13-6-3-4-7-14(13)19/h3-4,6-7,10-11H,2,5,8-9,12H2,1H3,(H,22,25). The minimum absolute atomic E-state index is 0.138. The maximum absolute atomic E-state index is 12.2. The number of anilines is 1. The summed E-state index contributed by atoms with van der Waals surface area (Å²) in [5, 5.41) is 11.7. The monoisotopic (exact) mass is 373 g/mol. The van der Waals surface area contributed by atoms with Gasteiger partial charge in [0.05, 0.1) is 12.7 Å². The summed E-state index contributed by atoms with van der Waals surface area (Å²) in [6.45, 7) is 2.53. The second-order valence-corrected chi connectivity index (χ2v) is 6.28. The number of hydrogen-bond donors (Lipinski definition) is 1. The van der Waals surface area contributed by atoms with Crippen molar-refractivity contribution >= 4 is 23.3 Å². The zero-order valence-corrected chi connectivity index (χ0v) is 15.2. The van der Waals surface area contributed by atoms with Crippen molar-refractivity contribution in [3.8, 4) is 0 Å². The first kappa shape index (κ1) is 18.1. The van der Waals surface area contributed by atoms with Gasteiger partial charge in [-0.2, -0.15) is 10.1 Å². The fourth-order valence-electron chi connectivity index (χ4n) is 2.50. The van der Waals surface area contributed by atoms with Gasteiger partial charge in [0.25, 0.3) is 0 Å². The van der Waals surface area contributed by atoms with E-state index in [2.05, 4.69) is 27.5 Å². The number of carbonyl (C=O) groups is 1. The number of aromatic nitrogens is 4. The third-order valence-electron chi connectivity index (χ3n) is 3.81. The van der Waals surface area contributed by atoms with Gasteiger partial charge in [-0.3, -0.25) is 4.79 Å². The van der Waals surface area contributed by atoms with Crippen LogP contribution in [-0.4, -0.2) is 25.8 Å². The Morgan fingerprint density at radius 2 is 2.12 bits per heavy atom. The molecule has 0 saturated carbocycles. The van der Waals surface area contributed by atoms with Gasteiger partial charge in [-0.1, -0.05) is 41.9 Å². The fraction of sp³-hybridized carbons (Fsp3) is 0.333. The number of aryl methyl sites for hydroxylation is 2. The van der Waals surface area contributed by atoms with E-state index < -0.39 is 0 Å². The summed E-state index contributed by atoms with van der Waals surface area (Å²) < 4.78 is 6.84. The fourth-order valence-corrected chi connectivity index (χ4v) is 2.69. The highest BCUT2D eigenvalue weighted by atomic mass is 35.5. The van der Waals surface area contributed by atoms with Gasteiger partial charge < -0.3 is 9.84 Å². The Labute approximate surface area is 156 Å². The Kier molecular flexibility index (Phi) is 6.01. The number of benzene rings is 1. The van der Waals surface area contributed by atoms with Crippen LogP contribution < -0.4 is 5.32 Å². The van der Waals surface area contributed by atoms with Crippen LogP contribution in [0.5, 0.6) is 0 Å². The maximum Gasteiger partial charge on any atom is 0.227 e. The highest BCUT2D eigenvalue weighted by Gasteiger charge is 2.12. The molecule has 8 heteroatoms. The van der Waals surface area contributed by atoms with E-state index in [1.165, 1.54) is 0 Å². The number of amides is 1. The van der Waals surface area contributed by atoms with Gasteiger partial charge in [0.1, 0.15) is 5.82 Å². The highest BCUT2D eigenvalue weighted by Crippen LogP contribution is 2.18. The van der Waals surface area contributed by atoms with Crippen LogP contribution in [-0.2, 0) is 24.2 Å². The smallest absolute Gasteiger partial charge is 0.227 e. The van der Waals surface area contributed by atoms with E-state index in [9.17, 15) is 4.79 Å². The number of hydrogen-bond acceptors (Lipinski definition) is 5. The molecule has 1 N–H and O–H groups in total. The molecule has 2 aromatic heterocycles. The molecule has 0 atom stereocenters. The molecule has 0 saturated heterocycles. The van der Waals surface area contributed by atoms with Crippen LogP contribution >= 0.6 is 11.6 Å². The summed E-state index contributed by atoms with van der Waals surface area (Å²) in [4.78, 5) is 16.5. The summed E-state index contributed by atoms with van der Waals surface area (Å²) >= 11 is 6.19. The van der Waals surface area contributed by atoms with E-state index in [0.717, 1.165) is 18.4 Å². The molecule has 0 aliphatic heterocycles. The summed E-state index contributed by atoms with van der Waals surface area (Å²) in [7, 11) is 0. The van der Waals surface area contributed by atoms with Crippen LogP contribution in [0.15, 0.2) is 41.1 Å². The normalized spacial score (nSPS) is 10.8. The quantitative estimate of drug-likeness (QED) is 0.653. The van der Waals surface area contributed by atoms with Gasteiger partial charge in [0.2, 0.25) is 11.8 Å². The van der Waals surface area contributed by atoms with Crippen LogP contribution in [0.25, 0.3) is 0 Å². The van der Waals surface area contributed by atoms with Crippen molar-refractivity contribution in [1.82, 2.24) is 19.9 Å². The van der Waals surface area contributed by atoms with Crippen LogP contribution in [0.3, 0.4) is 0 Å². The molecule has 26 heavy (non-hydrogen) atoms. The van der Waals surface area contributed by atoms with Gasteiger partial charge in [-0.25, -0.2) is 4.68 Å². The predicted molar refractivity (Wildman–Crippen MR) is 98.0 cm³/mol. The van der Waals surface area contributed by atoms with Gasteiger partial charge in [0.15, 0.2) is 5.82 Å². The van der Waals surface area contributed by atoms with Crippen LogP contribution in [0.2, 0.25) is 5.02 Å². The predicted octanol–water partition coefficient (Wildman–Crippen LogP) is 3.49. The van der Waals surface area contributed by atoms with Gasteiger partial charge in [-0.05, 0) is 18.1 Å². The first-order valence-electron chi connectivity index (χ1n) is 8.52. The van der Waals surface area contributed by atoms with Crippen LogP contribution in [0.1, 0.15) is 37.0 Å². The highest BCUT2D eigenvalue weighted by molar-refractivity contribution is 6.31. The van der Waals surface area contributed by atoms with Crippen LogP contribution in [0.4, 0.5) is 5.82 Å². The average molecular weight is 374 g/mol. The summed E-state index contributed by atoms with van der Waals surface area (Å²) in [6.07, 6.45) is 4.03. The van der Waals surface area contributed by atoms with E-state index in [1.54, 1.807) is 16.9 Å². The Morgan fingerprint density at radius 1 is 1.27 bits per heavy atom. The largest absolute Gasteiger partial charge is 0.339 e. The molecule has 0 aliphatic rings. The molecular weight excluding hydrogens is 354 g/mol. The van der Waals surface area contributed by atoms with E-state index >= 15 is 0 Å². The molecule has 0 aliphatic carbocycles. The van der Waals surface area contributed by atoms with Gasteiger partial charge in [0, 0.05) is 30.4 Å². The van der Waals surface area contributed by atoms with Crippen LogP contribution in [0, 0.1) is 0 Å². The molecule has 136 valence electrons. The van der Waals surface area contributed by atoms with Crippen molar-refractivity contribution < 1.29 is 9.32 Å². The number of carbonyl (C=O) groups excluding carboxylic acids is 1. The van der Waals surface area contributed by atoms with E-state index in [4.69, 9.17) is 16.1 Å². The molecule has 0 fully saturated rings. The van der Waals surface area contributed by atoms with E-state index in [0.29, 0.717) is 35.5 Å². The lowest BCUT2D eigenvalue weighted by Gasteiger charge is -2.09. The van der Waals surface area contributed by atoms with Crippen molar-refractivity contribution in [2.24, 2.45) is 0 Å². The molecule has 2 heterocycles. The Hall–Kier alpha value is -2.67. The van der Waals surface area contributed by atoms with Crippen molar-refractivity contribution in [1.29, 1.82) is 0 Å². The molecule has 3 aromatic rings. The van der Waals surface area contributed by atoms with Gasteiger partial charge >= 0.3 is 0 Å². The zero-order valence-electron chi connectivity index (χ0n) is 14.5. The number of nitrogens with one attached hydrogen (secondary N) is 1. The molecule has 1 amide bonds. The minimum Gasteiger partial charge on any atom is -0.339 e. The lowest BCUT2D eigenvalue weighted by Crippen LogP contribution is -2.16. The molecule has 7 nitrogen and oxygen atoms in total. The van der Waals surface area contributed by atoms with Crippen molar-refractivity contribution in [3.05, 3.63) is 58.8 Å². The van der Waals surface area contributed by atoms with Gasteiger partial charge in [-0.15, -0.1) is 0 Å². The lowest BCUT2D eigenvalue weighted by atomic mass is 10.2. The summed E-state index contributed by atoms with van der Waals surface area (Å²) in [5.41, 5.74) is 0.933. The maximum atomic E-state index is 12.2. The molecule has 0 bridgehead atoms. The lowest BCUT2D eigenvalue weighted by molar-refractivity contribution is -0.116. The average Bonchev–Trinajstić information content (AvgIpc) is 3.25. The zero-order chi connectivity index (χ0) is 18.4. The van der Waals surface area contributed by atoms with E-state index in [1.807, 2.05) is 24.3 Å². The minimum atomic E-state index is -0.138. The summed E-state index contributed by atoms with van der Waals surface area (Å²) in [5.74, 6) is 1.64. The third kappa shape index (κ3) is 4.70. The Bertz CT molecular complexity index is 874. The van der Waals surface area contributed by atoms with Crippen molar-refractivity contribution in [3.63, 3.8) is 0 Å². The number of nitrogens with zero attached hydrogens (tertiary/aromatic N) is 4. The Morgan fingerprint density at radius 3 is 2.92 bits per heavy atom. The molecule has 0 spiro atoms. The first-order valence-corrected chi connectivity index (χ1v) is 8.90. The first-order chi connectivity index (χ1) is 12.7. The SMILES string of the molecule is CCCc1noc(CCC(=O)Nc2ccnn2Cc2ccccc2Cl)n1. The molecular formula is C18H20ClN5O2. The molecule has 0 unspecified atom stereocenters. The second kappa shape index (κ2) is 8.62. The molecule has 0 radical (unpaired) electrons. The third-order valence-corrected chi connectivity index (χ3v) is 4.18. The van der Waals surface area contributed by atoms with Crippen molar-refractivity contribution in [2.75, 3.05) is 5.32 Å². The Balaban J connectivity index is 1.56. The summed E-state index contributed by atoms with van der Waals surface area (Å²) in [6, 6.07) is 9.30. The van der Waals surface area contributed by atoms with E-state index in [-0.39, 0.29) is 12.3 Å².